The Bertz CT molecular complexity index is 1060. The fraction of sp³-hybridized carbons (Fsp3) is 0.320. The third kappa shape index (κ3) is 4.21. The Morgan fingerprint density at radius 3 is 2.66 bits per heavy atom. The molecule has 29 heavy (non-hydrogen) atoms. The lowest BCUT2D eigenvalue weighted by Gasteiger charge is -2.38. The minimum atomic E-state index is -0.602. The summed E-state index contributed by atoms with van der Waals surface area (Å²) >= 11 is 0. The van der Waals surface area contributed by atoms with Crippen molar-refractivity contribution in [1.29, 1.82) is 0 Å². The van der Waals surface area contributed by atoms with Gasteiger partial charge in [0.25, 0.3) is 5.91 Å². The average molecular weight is 389 g/mol. The number of carbonyl (C=O) groups excluding carboxylic acids is 1. The van der Waals surface area contributed by atoms with Gasteiger partial charge in [-0.25, -0.2) is 0 Å². The molecule has 4 nitrogen and oxygen atoms in total. The first-order valence-corrected chi connectivity index (χ1v) is 10.1. The molecular formula is C25H27NO3. The molecule has 1 heterocycles. The van der Waals surface area contributed by atoms with Crippen molar-refractivity contribution in [3.63, 3.8) is 0 Å². The van der Waals surface area contributed by atoms with Gasteiger partial charge in [-0.15, -0.1) is 0 Å². The number of rotatable bonds is 4. The molecule has 1 aliphatic rings. The van der Waals surface area contributed by atoms with Gasteiger partial charge in [-0.2, -0.15) is 0 Å². The highest BCUT2D eigenvalue weighted by Gasteiger charge is 2.35. The van der Waals surface area contributed by atoms with Gasteiger partial charge in [-0.1, -0.05) is 48.0 Å². The van der Waals surface area contributed by atoms with Gasteiger partial charge in [0.2, 0.25) is 0 Å². The summed E-state index contributed by atoms with van der Waals surface area (Å²) in [5.41, 5.74) is 1.82. The van der Waals surface area contributed by atoms with Crippen molar-refractivity contribution < 1.29 is 14.3 Å². The van der Waals surface area contributed by atoms with Crippen molar-refractivity contribution in [3.8, 4) is 11.5 Å². The van der Waals surface area contributed by atoms with E-state index in [0.717, 1.165) is 27.6 Å². The number of nitrogens with one attached hydrogen (secondary N) is 1. The van der Waals surface area contributed by atoms with Crippen molar-refractivity contribution in [3.05, 3.63) is 71.8 Å². The number of aryl methyl sites for hydroxylation is 1. The molecule has 3 aromatic carbocycles. The average Bonchev–Trinajstić information content (AvgIpc) is 2.68. The summed E-state index contributed by atoms with van der Waals surface area (Å²) in [6, 6.07) is 20.0. The van der Waals surface area contributed by atoms with E-state index < -0.39 is 6.10 Å². The zero-order valence-corrected chi connectivity index (χ0v) is 17.4. The molecule has 2 atom stereocenters. The van der Waals surface area contributed by atoms with Crippen LogP contribution < -0.4 is 14.8 Å². The molecule has 3 aromatic rings. The summed E-state index contributed by atoms with van der Waals surface area (Å²) < 4.78 is 12.0. The molecule has 1 amide bonds. The number of hydrogen-bond acceptors (Lipinski definition) is 3. The van der Waals surface area contributed by atoms with Crippen LogP contribution in [0.5, 0.6) is 11.5 Å². The Morgan fingerprint density at radius 2 is 1.86 bits per heavy atom. The van der Waals surface area contributed by atoms with Crippen LogP contribution in [-0.2, 0) is 4.79 Å². The van der Waals surface area contributed by atoms with Gasteiger partial charge in [-0.3, -0.25) is 4.79 Å². The fourth-order valence-corrected chi connectivity index (χ4v) is 3.89. The molecule has 1 N–H and O–H groups in total. The third-order valence-electron chi connectivity index (χ3n) is 5.34. The monoisotopic (exact) mass is 389 g/mol. The van der Waals surface area contributed by atoms with Crippen LogP contribution in [0.15, 0.2) is 60.7 Å². The van der Waals surface area contributed by atoms with E-state index in [0.29, 0.717) is 12.2 Å². The number of hydrogen-bond donors (Lipinski definition) is 1. The topological polar surface area (TPSA) is 47.6 Å². The maximum atomic E-state index is 12.9. The molecule has 0 fully saturated rings. The zero-order valence-electron chi connectivity index (χ0n) is 17.4. The summed E-state index contributed by atoms with van der Waals surface area (Å²) in [5.74, 6) is 1.39. The lowest BCUT2D eigenvalue weighted by Crippen LogP contribution is -2.44. The molecule has 0 saturated carbocycles. The van der Waals surface area contributed by atoms with Gasteiger partial charge >= 0.3 is 0 Å². The highest BCUT2D eigenvalue weighted by Crippen LogP contribution is 2.40. The maximum absolute atomic E-state index is 12.9. The van der Waals surface area contributed by atoms with Crippen LogP contribution in [-0.4, -0.2) is 17.6 Å². The van der Waals surface area contributed by atoms with Crippen molar-refractivity contribution in [2.24, 2.45) is 0 Å². The molecule has 4 rings (SSSR count). The predicted octanol–water partition coefficient (Wildman–Crippen LogP) is 5.33. The highest BCUT2D eigenvalue weighted by atomic mass is 16.5. The van der Waals surface area contributed by atoms with E-state index in [2.05, 4.69) is 17.4 Å². The van der Waals surface area contributed by atoms with Crippen LogP contribution in [0.1, 0.15) is 44.4 Å². The minimum absolute atomic E-state index is 0.108. The lowest BCUT2D eigenvalue weighted by molar-refractivity contribution is -0.128. The summed E-state index contributed by atoms with van der Waals surface area (Å²) in [6.45, 7) is 7.92. The molecule has 0 bridgehead atoms. The van der Waals surface area contributed by atoms with Crippen LogP contribution in [0.2, 0.25) is 0 Å². The summed E-state index contributed by atoms with van der Waals surface area (Å²) in [4.78, 5) is 12.9. The molecule has 2 unspecified atom stereocenters. The van der Waals surface area contributed by atoms with E-state index in [9.17, 15) is 4.79 Å². The lowest BCUT2D eigenvalue weighted by atomic mass is 9.89. The van der Waals surface area contributed by atoms with Crippen LogP contribution in [0.4, 0.5) is 0 Å². The van der Waals surface area contributed by atoms with E-state index >= 15 is 0 Å². The summed E-state index contributed by atoms with van der Waals surface area (Å²) in [7, 11) is 0. The Morgan fingerprint density at radius 1 is 1.10 bits per heavy atom. The second kappa shape index (κ2) is 7.43. The molecule has 0 aliphatic carbocycles. The van der Waals surface area contributed by atoms with E-state index in [1.165, 1.54) is 0 Å². The standard InChI is InChI=1S/C25H27NO3/c1-16-9-12-23-21(13-16)22(15-25(3,4)29-23)26-24(27)17(2)28-20-11-10-18-7-5-6-8-19(18)14-20/h5-14,17,22H,15H2,1-4H3,(H,26,27). The first-order chi connectivity index (χ1) is 13.8. The Labute approximate surface area is 171 Å². The highest BCUT2D eigenvalue weighted by molar-refractivity contribution is 5.84. The number of fused-ring (bicyclic) bond motifs is 2. The molecule has 0 spiro atoms. The second-order valence-corrected chi connectivity index (χ2v) is 8.44. The summed E-state index contributed by atoms with van der Waals surface area (Å²) in [5, 5.41) is 5.41. The van der Waals surface area contributed by atoms with E-state index in [-0.39, 0.29) is 17.6 Å². The van der Waals surface area contributed by atoms with Crippen LogP contribution in [0, 0.1) is 6.92 Å². The molecule has 0 saturated heterocycles. The largest absolute Gasteiger partial charge is 0.487 e. The third-order valence-corrected chi connectivity index (χ3v) is 5.34. The molecular weight excluding hydrogens is 362 g/mol. The van der Waals surface area contributed by atoms with Crippen LogP contribution in [0.3, 0.4) is 0 Å². The quantitative estimate of drug-likeness (QED) is 0.656. The van der Waals surface area contributed by atoms with Crippen molar-refractivity contribution in [2.75, 3.05) is 0 Å². The predicted molar refractivity (Wildman–Crippen MR) is 115 cm³/mol. The Kier molecular flexibility index (Phi) is 4.95. The van der Waals surface area contributed by atoms with Gasteiger partial charge in [-0.05, 0) is 56.7 Å². The Hall–Kier alpha value is -3.01. The van der Waals surface area contributed by atoms with Gasteiger partial charge in [0, 0.05) is 12.0 Å². The minimum Gasteiger partial charge on any atom is -0.487 e. The van der Waals surface area contributed by atoms with Crippen molar-refractivity contribution in [2.45, 2.75) is 51.9 Å². The number of benzene rings is 3. The number of amides is 1. The second-order valence-electron chi connectivity index (χ2n) is 8.44. The van der Waals surface area contributed by atoms with E-state index in [1.807, 2.05) is 69.3 Å². The maximum Gasteiger partial charge on any atom is 0.261 e. The smallest absolute Gasteiger partial charge is 0.261 e. The molecule has 150 valence electrons. The van der Waals surface area contributed by atoms with Gasteiger partial charge < -0.3 is 14.8 Å². The number of ether oxygens (including phenoxy) is 2. The van der Waals surface area contributed by atoms with Gasteiger partial charge in [0.05, 0.1) is 6.04 Å². The molecule has 1 aliphatic heterocycles. The van der Waals surface area contributed by atoms with E-state index in [4.69, 9.17) is 9.47 Å². The SMILES string of the molecule is Cc1ccc2c(c1)C(NC(=O)C(C)Oc1ccc3ccccc3c1)CC(C)(C)O2. The normalized spacial score (nSPS) is 18.4. The zero-order chi connectivity index (χ0) is 20.6. The summed E-state index contributed by atoms with van der Waals surface area (Å²) in [6.07, 6.45) is 0.105. The van der Waals surface area contributed by atoms with Crippen LogP contribution in [0.25, 0.3) is 10.8 Å². The molecule has 4 heteroatoms. The first kappa shape index (κ1) is 19.3. The van der Waals surface area contributed by atoms with Crippen LogP contribution >= 0.6 is 0 Å². The molecule has 0 aromatic heterocycles. The Balaban J connectivity index is 1.50. The van der Waals surface area contributed by atoms with E-state index in [1.54, 1.807) is 6.92 Å². The first-order valence-electron chi connectivity index (χ1n) is 10.1. The number of carbonyl (C=O) groups is 1. The van der Waals surface area contributed by atoms with Gasteiger partial charge in [0.1, 0.15) is 17.1 Å². The van der Waals surface area contributed by atoms with Crippen molar-refractivity contribution in [1.82, 2.24) is 5.32 Å². The van der Waals surface area contributed by atoms with Crippen molar-refractivity contribution >= 4 is 16.7 Å². The van der Waals surface area contributed by atoms with Gasteiger partial charge in [0.15, 0.2) is 6.10 Å². The fourth-order valence-electron chi connectivity index (χ4n) is 3.89. The molecule has 0 radical (unpaired) electrons.